The van der Waals surface area contributed by atoms with Crippen molar-refractivity contribution in [3.63, 3.8) is 0 Å². The Hall–Kier alpha value is -3.22. The Morgan fingerprint density at radius 1 is 1.09 bits per heavy atom. The summed E-state index contributed by atoms with van der Waals surface area (Å²) in [4.78, 5) is 26.7. The van der Waals surface area contributed by atoms with Gasteiger partial charge in [0.2, 0.25) is 0 Å². The van der Waals surface area contributed by atoms with Gasteiger partial charge in [-0.05, 0) is 30.3 Å². The number of carbonyl (C=O) groups is 2. The van der Waals surface area contributed by atoms with Gasteiger partial charge in [0.15, 0.2) is 5.75 Å². The molecule has 2 aromatic rings. The minimum atomic E-state index is -1.11. The fourth-order valence-corrected chi connectivity index (χ4v) is 1.75. The van der Waals surface area contributed by atoms with E-state index < -0.39 is 11.9 Å². The molecule has 0 aromatic heterocycles. The van der Waals surface area contributed by atoms with Crippen LogP contribution in [0, 0.1) is 0 Å². The molecule has 0 aliphatic heterocycles. The second-order valence-electron chi connectivity index (χ2n) is 4.49. The van der Waals surface area contributed by atoms with Crippen LogP contribution in [-0.2, 0) is 9.63 Å². The molecule has 0 saturated carbocycles. The Bertz CT molecular complexity index is 728. The quantitative estimate of drug-likeness (QED) is 0.791. The van der Waals surface area contributed by atoms with Crippen molar-refractivity contribution >= 4 is 17.6 Å². The standard InChI is InChI=1S/C16H15NO6/c1-10(18)23-17-14-8-11(16(19)20)6-7-15(14)22-13-5-3-4-12(9-13)21-2/h3-9,17H,1-2H3,(H,19,20). The van der Waals surface area contributed by atoms with E-state index in [0.29, 0.717) is 17.2 Å². The molecule has 120 valence electrons. The van der Waals surface area contributed by atoms with E-state index >= 15 is 0 Å². The SMILES string of the molecule is COc1cccc(Oc2ccc(C(=O)O)cc2NOC(C)=O)c1. The van der Waals surface area contributed by atoms with Crippen LogP contribution in [0.5, 0.6) is 17.2 Å². The van der Waals surface area contributed by atoms with E-state index in [1.54, 1.807) is 24.3 Å². The highest BCUT2D eigenvalue weighted by atomic mass is 16.7. The van der Waals surface area contributed by atoms with Crippen LogP contribution in [0.25, 0.3) is 0 Å². The number of hydrogen-bond donors (Lipinski definition) is 2. The van der Waals surface area contributed by atoms with Crippen LogP contribution < -0.4 is 15.0 Å². The lowest BCUT2D eigenvalue weighted by Crippen LogP contribution is -2.08. The van der Waals surface area contributed by atoms with Crippen molar-refractivity contribution in [2.24, 2.45) is 0 Å². The predicted octanol–water partition coefficient (Wildman–Crippen LogP) is 3.08. The molecule has 2 aromatic carbocycles. The molecule has 2 N–H and O–H groups in total. The summed E-state index contributed by atoms with van der Waals surface area (Å²) in [5, 5.41) is 9.04. The van der Waals surface area contributed by atoms with Gasteiger partial charge in [-0.25, -0.2) is 10.3 Å². The number of hydrogen-bond acceptors (Lipinski definition) is 6. The average Bonchev–Trinajstić information content (AvgIpc) is 2.53. The summed E-state index contributed by atoms with van der Waals surface area (Å²) in [5.41, 5.74) is 2.62. The van der Waals surface area contributed by atoms with Crippen LogP contribution in [0.4, 0.5) is 5.69 Å². The first-order valence-corrected chi connectivity index (χ1v) is 6.62. The summed E-state index contributed by atoms with van der Waals surface area (Å²) in [5.74, 6) is -0.288. The molecule has 0 bridgehead atoms. The molecule has 0 heterocycles. The number of carboxylic acids is 1. The van der Waals surface area contributed by atoms with Gasteiger partial charge in [-0.3, -0.25) is 4.79 Å². The highest BCUT2D eigenvalue weighted by molar-refractivity contribution is 5.89. The van der Waals surface area contributed by atoms with E-state index in [1.165, 1.54) is 32.2 Å². The lowest BCUT2D eigenvalue weighted by atomic mass is 10.2. The van der Waals surface area contributed by atoms with E-state index in [-0.39, 0.29) is 11.3 Å². The fourth-order valence-electron chi connectivity index (χ4n) is 1.75. The van der Waals surface area contributed by atoms with Crippen LogP contribution in [0.1, 0.15) is 17.3 Å². The molecule has 2 rings (SSSR count). The molecule has 0 unspecified atom stereocenters. The van der Waals surface area contributed by atoms with E-state index in [1.807, 2.05) is 0 Å². The van der Waals surface area contributed by atoms with Crippen molar-refractivity contribution in [2.75, 3.05) is 12.6 Å². The lowest BCUT2D eigenvalue weighted by Gasteiger charge is -2.13. The maximum Gasteiger partial charge on any atom is 0.335 e. The van der Waals surface area contributed by atoms with Crippen molar-refractivity contribution in [2.45, 2.75) is 6.92 Å². The minimum absolute atomic E-state index is 0.0256. The largest absolute Gasteiger partial charge is 0.497 e. The van der Waals surface area contributed by atoms with Gasteiger partial charge >= 0.3 is 11.9 Å². The highest BCUT2D eigenvalue weighted by Crippen LogP contribution is 2.32. The van der Waals surface area contributed by atoms with E-state index in [9.17, 15) is 9.59 Å². The normalized spacial score (nSPS) is 9.83. The van der Waals surface area contributed by atoms with Crippen molar-refractivity contribution in [1.82, 2.24) is 0 Å². The Labute approximate surface area is 132 Å². The molecule has 0 fully saturated rings. The Kier molecular flexibility index (Phi) is 5.03. The Balaban J connectivity index is 2.31. The van der Waals surface area contributed by atoms with Gasteiger partial charge in [-0.2, -0.15) is 0 Å². The van der Waals surface area contributed by atoms with Crippen molar-refractivity contribution in [1.29, 1.82) is 0 Å². The third kappa shape index (κ3) is 4.37. The second kappa shape index (κ2) is 7.17. The zero-order valence-electron chi connectivity index (χ0n) is 12.5. The van der Waals surface area contributed by atoms with Crippen molar-refractivity contribution < 1.29 is 29.0 Å². The average molecular weight is 317 g/mol. The van der Waals surface area contributed by atoms with Gasteiger partial charge in [-0.1, -0.05) is 6.07 Å². The molecular weight excluding hydrogens is 302 g/mol. The number of nitrogens with one attached hydrogen (secondary N) is 1. The van der Waals surface area contributed by atoms with Gasteiger partial charge in [-0.15, -0.1) is 0 Å². The van der Waals surface area contributed by atoms with Gasteiger partial charge < -0.3 is 19.4 Å². The third-order valence-corrected chi connectivity index (χ3v) is 2.80. The molecule has 0 spiro atoms. The van der Waals surface area contributed by atoms with Crippen molar-refractivity contribution in [3.05, 3.63) is 48.0 Å². The molecule has 0 amide bonds. The first kappa shape index (κ1) is 16.2. The molecule has 0 aliphatic rings. The molecule has 7 nitrogen and oxygen atoms in total. The molecular formula is C16H15NO6. The first-order valence-electron chi connectivity index (χ1n) is 6.62. The van der Waals surface area contributed by atoms with Gasteiger partial charge in [0.05, 0.1) is 12.7 Å². The number of aromatic carboxylic acids is 1. The summed E-state index contributed by atoms with van der Waals surface area (Å²) in [6, 6.07) is 11.0. The number of anilines is 1. The first-order chi connectivity index (χ1) is 11.0. The summed E-state index contributed by atoms with van der Waals surface area (Å²) >= 11 is 0. The molecule has 0 aliphatic carbocycles. The molecule has 0 radical (unpaired) electrons. The lowest BCUT2D eigenvalue weighted by molar-refractivity contribution is -0.138. The Morgan fingerprint density at radius 3 is 2.48 bits per heavy atom. The zero-order valence-corrected chi connectivity index (χ0v) is 12.5. The summed E-state index contributed by atoms with van der Waals surface area (Å²) < 4.78 is 10.8. The number of carbonyl (C=O) groups excluding carboxylic acids is 1. The predicted molar refractivity (Wildman–Crippen MR) is 81.9 cm³/mol. The van der Waals surface area contributed by atoms with Crippen LogP contribution in [-0.4, -0.2) is 24.2 Å². The van der Waals surface area contributed by atoms with Crippen LogP contribution in [0.2, 0.25) is 0 Å². The van der Waals surface area contributed by atoms with Crippen LogP contribution in [0.15, 0.2) is 42.5 Å². The van der Waals surface area contributed by atoms with Crippen LogP contribution in [0.3, 0.4) is 0 Å². The van der Waals surface area contributed by atoms with Gasteiger partial charge in [0.1, 0.15) is 17.2 Å². The number of methoxy groups -OCH3 is 1. The topological polar surface area (TPSA) is 94.1 Å². The second-order valence-corrected chi connectivity index (χ2v) is 4.49. The summed E-state index contributed by atoms with van der Waals surface area (Å²) in [6.07, 6.45) is 0. The number of ether oxygens (including phenoxy) is 2. The van der Waals surface area contributed by atoms with E-state index in [0.717, 1.165) is 0 Å². The number of benzene rings is 2. The number of carboxylic acid groups (broad SMARTS) is 1. The van der Waals surface area contributed by atoms with Gasteiger partial charge in [0, 0.05) is 13.0 Å². The molecule has 7 heteroatoms. The van der Waals surface area contributed by atoms with E-state index in [4.69, 9.17) is 19.4 Å². The smallest absolute Gasteiger partial charge is 0.335 e. The van der Waals surface area contributed by atoms with Gasteiger partial charge in [0.25, 0.3) is 0 Å². The highest BCUT2D eigenvalue weighted by Gasteiger charge is 2.12. The van der Waals surface area contributed by atoms with E-state index in [2.05, 4.69) is 5.48 Å². The molecule has 23 heavy (non-hydrogen) atoms. The third-order valence-electron chi connectivity index (χ3n) is 2.80. The van der Waals surface area contributed by atoms with Crippen molar-refractivity contribution in [3.8, 4) is 17.2 Å². The fraction of sp³-hybridized carbons (Fsp3) is 0.125. The molecule has 0 atom stereocenters. The Morgan fingerprint density at radius 2 is 1.83 bits per heavy atom. The minimum Gasteiger partial charge on any atom is -0.497 e. The number of rotatable bonds is 6. The summed E-state index contributed by atoms with van der Waals surface area (Å²) in [6.45, 7) is 1.22. The maximum atomic E-state index is 11.1. The monoisotopic (exact) mass is 317 g/mol. The molecule has 0 saturated heterocycles. The zero-order chi connectivity index (χ0) is 16.8. The summed E-state index contributed by atoms with van der Waals surface area (Å²) in [7, 11) is 1.54. The maximum absolute atomic E-state index is 11.1. The van der Waals surface area contributed by atoms with Crippen LogP contribution >= 0.6 is 0 Å².